The molecule has 6 aromatic carbocycles. The van der Waals surface area contributed by atoms with E-state index in [1.165, 1.54) is 80.7 Å². The number of amides is 4. The van der Waals surface area contributed by atoms with Gasteiger partial charge in [0.25, 0.3) is 30.1 Å². The van der Waals surface area contributed by atoms with Gasteiger partial charge >= 0.3 is 0 Å². The Morgan fingerprint density at radius 2 is 1.07 bits per heavy atom. The summed E-state index contributed by atoms with van der Waals surface area (Å²) in [6, 6.07) is 34.8. The molecule has 3 fully saturated rings. The average molecular weight is 1580 g/mol. The molecule has 3 aliphatic heterocycles. The van der Waals surface area contributed by atoms with Crippen LogP contribution < -0.4 is 28.9 Å². The smallest absolute Gasteiger partial charge is 0.263 e. The Morgan fingerprint density at radius 1 is 0.542 bits per heavy atom. The number of nitrogens with zero attached hydrogens (tertiary/aromatic N) is 13. The van der Waals surface area contributed by atoms with Gasteiger partial charge in [-0.1, -0.05) is 23.5 Å². The van der Waals surface area contributed by atoms with Crippen molar-refractivity contribution in [3.05, 3.63) is 210 Å². The number of halogens is 4. The number of para-hydroxylation sites is 1. The lowest BCUT2D eigenvalue weighted by atomic mass is 10.1. The molecular weight excluding hydrogens is 1510 g/mol. The number of fused-ring (bicyclic) bond motifs is 3. The molecular formula is C71H74F4N16O10S6. The number of benzene rings is 6. The molecule has 15 rings (SSSR count). The van der Waals surface area contributed by atoms with Crippen molar-refractivity contribution < 1.29 is 66.3 Å². The molecule has 0 saturated carbocycles. The van der Waals surface area contributed by atoms with Gasteiger partial charge in [-0.15, -0.1) is 32.9 Å². The van der Waals surface area contributed by atoms with Crippen LogP contribution in [0.2, 0.25) is 0 Å². The third-order valence-corrected chi connectivity index (χ3v) is 24.9. The highest BCUT2D eigenvalue weighted by atomic mass is 32.2. The number of carbonyl (C=O) groups excluding carboxylic acids is 4. The molecule has 0 spiro atoms. The van der Waals surface area contributed by atoms with Crippen LogP contribution in [0.4, 0.5) is 50.0 Å². The summed E-state index contributed by atoms with van der Waals surface area (Å²) in [5.41, 5.74) is 5.23. The van der Waals surface area contributed by atoms with Crippen LogP contribution >= 0.6 is 34.0 Å². The van der Waals surface area contributed by atoms with E-state index in [0.29, 0.717) is 90.5 Å². The molecule has 3 unspecified atom stereocenters. The van der Waals surface area contributed by atoms with Gasteiger partial charge in [0.1, 0.15) is 42.3 Å². The highest BCUT2D eigenvalue weighted by molar-refractivity contribution is 7.93. The fourth-order valence-electron chi connectivity index (χ4n) is 12.9. The van der Waals surface area contributed by atoms with Crippen molar-refractivity contribution >= 4 is 153 Å². The van der Waals surface area contributed by atoms with E-state index in [-0.39, 0.29) is 84.4 Å². The van der Waals surface area contributed by atoms with Gasteiger partial charge in [-0.3, -0.25) is 33.3 Å². The second kappa shape index (κ2) is 31.3. The molecule has 0 radical (unpaired) electrons. The predicted molar refractivity (Wildman–Crippen MR) is 408 cm³/mol. The number of aromatic nitrogens is 7. The van der Waals surface area contributed by atoms with Crippen LogP contribution in [0.15, 0.2) is 201 Å². The van der Waals surface area contributed by atoms with Crippen molar-refractivity contribution in [3.8, 4) is 0 Å². The van der Waals surface area contributed by atoms with Gasteiger partial charge in [0.15, 0.2) is 21.9 Å². The van der Waals surface area contributed by atoms with Crippen molar-refractivity contribution in [2.45, 2.75) is 60.1 Å². The number of hydrogen-bond donors (Lipinski definition) is 3. The number of carbonyl (C=O) groups is 4. The van der Waals surface area contributed by atoms with Gasteiger partial charge in [-0.25, -0.2) is 52.8 Å². The molecule has 36 heteroatoms. The maximum atomic E-state index is 14.2. The minimum absolute atomic E-state index is 0. The van der Waals surface area contributed by atoms with Gasteiger partial charge in [-0.2, -0.15) is 0 Å². The van der Waals surface area contributed by atoms with Gasteiger partial charge in [0, 0.05) is 145 Å². The maximum absolute atomic E-state index is 14.2. The summed E-state index contributed by atoms with van der Waals surface area (Å²) in [5.74, 6) is -3.31. The highest BCUT2D eigenvalue weighted by Crippen LogP contribution is 2.31. The molecule has 562 valence electrons. The summed E-state index contributed by atoms with van der Waals surface area (Å²) in [6.07, 6.45) is 8.17. The first-order valence-corrected chi connectivity index (χ1v) is 40.4. The molecule has 12 aromatic rings. The zero-order valence-corrected chi connectivity index (χ0v) is 62.2. The highest BCUT2D eigenvalue weighted by Gasteiger charge is 2.34. The Bertz CT molecular complexity index is 5600. The minimum Gasteiger partial charge on any atom is -0.368 e. The lowest BCUT2D eigenvalue weighted by molar-refractivity contribution is -0.137. The van der Waals surface area contributed by atoms with Crippen molar-refractivity contribution in [1.82, 2.24) is 48.6 Å². The fraction of sp³-hybridized carbons (Fsp3) is 0.239. The second-order valence-electron chi connectivity index (χ2n) is 25.2. The van der Waals surface area contributed by atoms with Gasteiger partial charge < -0.3 is 43.1 Å². The van der Waals surface area contributed by atoms with Crippen molar-refractivity contribution in [1.29, 1.82) is 0 Å². The topological polar surface area (TPSA) is 293 Å². The van der Waals surface area contributed by atoms with Crippen molar-refractivity contribution in [3.63, 3.8) is 0 Å². The van der Waals surface area contributed by atoms with Crippen molar-refractivity contribution in [2.24, 2.45) is 0 Å². The Morgan fingerprint density at radius 3 is 1.64 bits per heavy atom. The van der Waals surface area contributed by atoms with Crippen LogP contribution in [0.3, 0.4) is 0 Å². The zero-order valence-electron chi connectivity index (χ0n) is 57.3. The first kappa shape index (κ1) is 74.5. The maximum Gasteiger partial charge on any atom is 0.263 e. The van der Waals surface area contributed by atoms with E-state index in [2.05, 4.69) is 44.1 Å². The van der Waals surface area contributed by atoms with Crippen LogP contribution in [0.1, 0.15) is 37.1 Å². The third-order valence-electron chi connectivity index (χ3n) is 18.5. The fourth-order valence-corrected chi connectivity index (χ4v) is 18.2. The second-order valence-corrected chi connectivity index (χ2v) is 32.8. The number of hydrogen-bond acceptors (Lipinski definition) is 19. The lowest BCUT2D eigenvalue weighted by Crippen LogP contribution is -2.55. The van der Waals surface area contributed by atoms with Gasteiger partial charge in [0.05, 0.1) is 31.2 Å². The molecule has 3 atom stereocenters. The van der Waals surface area contributed by atoms with Crippen LogP contribution in [0.25, 0.3) is 32.7 Å². The molecule has 3 N–H and O–H groups in total. The number of sulfonamides is 3. The monoisotopic (exact) mass is 1580 g/mol. The third kappa shape index (κ3) is 16.6. The van der Waals surface area contributed by atoms with E-state index in [4.69, 9.17) is 0 Å². The number of thiazole rings is 2. The summed E-state index contributed by atoms with van der Waals surface area (Å²) in [7, 11) is -11.3. The number of nitrogens with one attached hydrogen (secondary N) is 3. The van der Waals surface area contributed by atoms with Crippen LogP contribution in [-0.2, 0) is 55.8 Å². The van der Waals surface area contributed by atoms with E-state index in [1.807, 2.05) is 35.6 Å². The first-order chi connectivity index (χ1) is 51.3. The van der Waals surface area contributed by atoms with E-state index < -0.39 is 59.6 Å². The van der Waals surface area contributed by atoms with Gasteiger partial charge in [-0.05, 0) is 147 Å². The molecule has 0 bridgehead atoms. The van der Waals surface area contributed by atoms with E-state index in [1.54, 1.807) is 135 Å². The Balaban J connectivity index is 0.000000173. The largest absolute Gasteiger partial charge is 0.368 e. The SMILES string of the molecule is CC(C(=O)N1CCN(c2ccc(S(=O)(=O)Nc3nncs3)cc2)CC1)n1ccc2ccc(F)cc21.CC1CN(c2ccc(S(=O)(=O)Nc3nccs3)cc2)CCN1C(=O)C(C)n1ccc2cc(F)c(F)cc21.O=C(Cn1ccc2cccc(F)c21)N1CCN(c2ccc(S(=O)(=O)Nc3nccs3)cc2)C(=O)C1.[HH].[HH].[HH]. The molecule has 3 aliphatic rings. The first-order valence-electron chi connectivity index (χ1n) is 33.3. The minimum atomic E-state index is -3.80. The van der Waals surface area contributed by atoms with Crippen LogP contribution in [0.5, 0.6) is 0 Å². The molecule has 107 heavy (non-hydrogen) atoms. The number of rotatable bonds is 18. The van der Waals surface area contributed by atoms with E-state index >= 15 is 0 Å². The summed E-state index contributed by atoms with van der Waals surface area (Å²) < 4.78 is 143. The van der Waals surface area contributed by atoms with Crippen LogP contribution in [-0.4, -0.2) is 169 Å². The summed E-state index contributed by atoms with van der Waals surface area (Å²) in [6.45, 7) is 9.82. The molecule has 3 saturated heterocycles. The molecule has 0 aliphatic carbocycles. The Hall–Kier alpha value is -10.8. The lowest BCUT2D eigenvalue weighted by Gasteiger charge is -2.42. The average Bonchev–Trinajstić information content (AvgIpc) is 1.58. The molecule has 4 amide bonds. The predicted octanol–water partition coefficient (Wildman–Crippen LogP) is 11.5. The van der Waals surface area contributed by atoms with Crippen molar-refractivity contribution in [2.75, 3.05) is 94.3 Å². The summed E-state index contributed by atoms with van der Waals surface area (Å²) in [4.78, 5) is 71.1. The standard InChI is InChI=1S/C25H25F2N5O3S2.C23H23FN6O3S2.C23H20FN5O4S2.3H2/c1-16-15-30(19-3-5-20(6-4-19)37(34,35)29-25-28-8-12-36-25)10-11-31(16)24(33)17(2)32-9-7-18-13-21(26)22(27)14-23(18)32;1-16(30-9-8-17-2-3-18(24)14-21(17)30)22(31)29-12-10-28(11-13-29)19-4-6-20(7-5-19)35(32,33)27-23-26-25-15-34-23;24-19-3-1-2-16-8-10-28(22(16)19)14-20(30)27-11-12-29(21(31)15-27)17-4-6-18(7-5-17)35(32,33)26-23-25-9-13-34-23;;;/h3-9,12-14,16-17H,10-11,15H2,1-2H3,(H,28,29);2-9,14-16H,10-13H2,1H3,(H,26,27);1-10,13H,11-12,14-15H2,(H,25,26);3*1H. The van der Waals surface area contributed by atoms with Gasteiger partial charge in [0.2, 0.25) is 28.8 Å². The zero-order chi connectivity index (χ0) is 75.5. The normalized spacial score (nSPS) is 15.7. The molecule has 26 nitrogen and oxygen atoms in total. The number of anilines is 6. The van der Waals surface area contributed by atoms with Crippen LogP contribution in [0, 0.1) is 23.3 Å². The number of piperazine rings is 3. The summed E-state index contributed by atoms with van der Waals surface area (Å²) in [5, 5.41) is 13.6. The Kier molecular flexibility index (Phi) is 21.8. The molecule has 9 heterocycles. The molecule has 6 aromatic heterocycles. The Labute approximate surface area is 628 Å². The summed E-state index contributed by atoms with van der Waals surface area (Å²) >= 11 is 3.47. The van der Waals surface area contributed by atoms with E-state index in [9.17, 15) is 62.0 Å². The quantitative estimate of drug-likeness (QED) is 0.0673. The van der Waals surface area contributed by atoms with E-state index in [0.717, 1.165) is 40.2 Å².